The molecule has 7 heteroatoms. The van der Waals surface area contributed by atoms with Gasteiger partial charge in [0.2, 0.25) is 13.6 Å². The third-order valence-corrected chi connectivity index (χ3v) is 10.7. The van der Waals surface area contributed by atoms with E-state index >= 15 is 0 Å². The van der Waals surface area contributed by atoms with Crippen molar-refractivity contribution >= 4 is 21.5 Å². The van der Waals surface area contributed by atoms with Crippen molar-refractivity contribution in [2.24, 2.45) is 0 Å². The minimum Gasteiger partial charge on any atom is -0.457 e. The summed E-state index contributed by atoms with van der Waals surface area (Å²) in [5.74, 6) is 3.98. The molecule has 10 rings (SSSR count). The lowest BCUT2D eigenvalue weighted by atomic mass is 9.97. The number of ether oxygens (including phenoxy) is 7. The van der Waals surface area contributed by atoms with Crippen molar-refractivity contribution in [3.8, 4) is 23.0 Å². The van der Waals surface area contributed by atoms with Gasteiger partial charge in [-0.1, -0.05) is 66.7 Å². The number of hydrogen-bond donors (Lipinski definition) is 0. The fourth-order valence-corrected chi connectivity index (χ4v) is 7.28. The van der Waals surface area contributed by atoms with E-state index in [0.29, 0.717) is 0 Å². The molecule has 3 aliphatic heterocycles. The molecule has 4 aliphatic rings. The second-order valence-electron chi connectivity index (χ2n) is 14.8. The number of benzene rings is 6. The standard InChI is InChI=1S/C46H42O7/c1-13-44(52-27-50-40-12-10-34-18-33(31-3-4-31)6-7-35(34)20-40)38(22-42-24-47-42)16-29(1)15-30-2-14-45(39(17-30)23-43-25-48-43)53-28-51-41-11-9-32-5-8-36(46-26-49-46)19-37(32)21-41/h1-2,5-14,16-21,31,42-43,46H,3-4,15,22-28H2. The molecular weight excluding hydrogens is 664 g/mol. The summed E-state index contributed by atoms with van der Waals surface area (Å²) < 4.78 is 41.2. The van der Waals surface area contributed by atoms with Crippen molar-refractivity contribution in [1.82, 2.24) is 0 Å². The van der Waals surface area contributed by atoms with Crippen LogP contribution in [0, 0.1) is 0 Å². The van der Waals surface area contributed by atoms with E-state index in [9.17, 15) is 0 Å². The molecule has 3 saturated heterocycles. The summed E-state index contributed by atoms with van der Waals surface area (Å²) in [6, 6.07) is 38.5. The Kier molecular flexibility index (Phi) is 8.63. The van der Waals surface area contributed by atoms with Gasteiger partial charge in [-0.2, -0.15) is 0 Å². The molecular formula is C46H42O7. The van der Waals surface area contributed by atoms with Gasteiger partial charge in [-0.3, -0.25) is 0 Å². The number of epoxide rings is 3. The average molecular weight is 707 g/mol. The Morgan fingerprint density at radius 1 is 0.472 bits per heavy atom. The van der Waals surface area contributed by atoms with Gasteiger partial charge in [-0.25, -0.2) is 0 Å². The van der Waals surface area contributed by atoms with Crippen LogP contribution in [0.5, 0.6) is 23.0 Å². The zero-order valence-electron chi connectivity index (χ0n) is 29.6. The molecule has 3 atom stereocenters. The highest BCUT2D eigenvalue weighted by atomic mass is 16.7. The predicted octanol–water partition coefficient (Wildman–Crippen LogP) is 9.25. The normalized spacial score (nSPS) is 20.0. The van der Waals surface area contributed by atoms with Gasteiger partial charge in [0.1, 0.15) is 29.1 Å². The second kappa shape index (κ2) is 14.0. The third-order valence-electron chi connectivity index (χ3n) is 10.7. The molecule has 53 heavy (non-hydrogen) atoms. The molecule has 1 saturated carbocycles. The van der Waals surface area contributed by atoms with Crippen LogP contribution < -0.4 is 18.9 Å². The molecule has 0 radical (unpaired) electrons. The lowest BCUT2D eigenvalue weighted by Gasteiger charge is -2.16. The molecule has 0 N–H and O–H groups in total. The van der Waals surface area contributed by atoms with Gasteiger partial charge < -0.3 is 33.2 Å². The van der Waals surface area contributed by atoms with E-state index in [1.165, 1.54) is 51.3 Å². The first-order chi connectivity index (χ1) is 26.1. The maximum atomic E-state index is 6.21. The van der Waals surface area contributed by atoms with Crippen LogP contribution in [-0.2, 0) is 33.5 Å². The molecule has 0 aromatic heterocycles. The Hall–Kier alpha value is -5.08. The molecule has 3 unspecified atom stereocenters. The van der Waals surface area contributed by atoms with Crippen LogP contribution in [0.2, 0.25) is 0 Å². The van der Waals surface area contributed by atoms with Gasteiger partial charge in [0, 0.05) is 12.8 Å². The summed E-state index contributed by atoms with van der Waals surface area (Å²) in [4.78, 5) is 0. The molecule has 6 aromatic rings. The van der Waals surface area contributed by atoms with Crippen LogP contribution in [0.4, 0.5) is 0 Å². The van der Waals surface area contributed by atoms with Crippen molar-refractivity contribution in [2.75, 3.05) is 33.4 Å². The van der Waals surface area contributed by atoms with Crippen LogP contribution in [-0.4, -0.2) is 45.6 Å². The third kappa shape index (κ3) is 7.98. The number of fused-ring (bicyclic) bond motifs is 2. The second-order valence-corrected chi connectivity index (χ2v) is 14.8. The summed E-state index contributed by atoms with van der Waals surface area (Å²) in [5, 5.41) is 4.75. The summed E-state index contributed by atoms with van der Waals surface area (Å²) >= 11 is 0. The average Bonchev–Trinajstić information content (AvgIpc) is 3.96. The minimum absolute atomic E-state index is 0.120. The molecule has 3 heterocycles. The Morgan fingerprint density at radius 2 is 1.00 bits per heavy atom. The summed E-state index contributed by atoms with van der Waals surface area (Å²) in [6.07, 6.45) is 5.72. The lowest BCUT2D eigenvalue weighted by molar-refractivity contribution is 0.118. The smallest absolute Gasteiger partial charge is 0.230 e. The van der Waals surface area contributed by atoms with Gasteiger partial charge in [-0.15, -0.1) is 0 Å². The van der Waals surface area contributed by atoms with Gasteiger partial charge in [0.05, 0.1) is 32.0 Å². The van der Waals surface area contributed by atoms with E-state index in [1.807, 2.05) is 12.1 Å². The molecule has 268 valence electrons. The van der Waals surface area contributed by atoms with Crippen molar-refractivity contribution in [2.45, 2.75) is 56.3 Å². The summed E-state index contributed by atoms with van der Waals surface area (Å²) in [5.41, 5.74) is 7.34. The predicted molar refractivity (Wildman–Crippen MR) is 203 cm³/mol. The summed E-state index contributed by atoms with van der Waals surface area (Å²) in [7, 11) is 0. The Labute approximate surface area is 309 Å². The Balaban J connectivity index is 0.790. The van der Waals surface area contributed by atoms with Crippen LogP contribution in [0.1, 0.15) is 58.2 Å². The maximum absolute atomic E-state index is 6.21. The number of hydrogen-bond acceptors (Lipinski definition) is 7. The Bertz CT molecular complexity index is 2280. The molecule has 0 bridgehead atoms. The lowest BCUT2D eigenvalue weighted by Crippen LogP contribution is -2.09. The van der Waals surface area contributed by atoms with E-state index in [4.69, 9.17) is 33.2 Å². The van der Waals surface area contributed by atoms with E-state index in [2.05, 4.69) is 97.1 Å². The fraction of sp³-hybridized carbons (Fsp3) is 0.304. The fourth-order valence-electron chi connectivity index (χ4n) is 7.28. The zero-order chi connectivity index (χ0) is 35.1. The SMILES string of the molecule is c1cc(OCOc2ccc3cc(C4CC4)ccc3c2)c(CC2CO2)cc1Cc1ccc(OCOc2ccc3ccc(C4CO4)cc3c2)c(CC2CO2)c1. The molecule has 7 nitrogen and oxygen atoms in total. The monoisotopic (exact) mass is 706 g/mol. The molecule has 1 aliphatic carbocycles. The van der Waals surface area contributed by atoms with Crippen LogP contribution in [0.3, 0.4) is 0 Å². The first kappa shape index (κ1) is 32.6. The van der Waals surface area contributed by atoms with Gasteiger partial charge in [-0.05, 0) is 123 Å². The molecule has 4 fully saturated rings. The van der Waals surface area contributed by atoms with Crippen molar-refractivity contribution in [3.63, 3.8) is 0 Å². The molecule has 6 aromatic carbocycles. The highest BCUT2D eigenvalue weighted by molar-refractivity contribution is 5.85. The highest BCUT2D eigenvalue weighted by Gasteiger charge is 2.27. The van der Waals surface area contributed by atoms with E-state index in [0.717, 1.165) is 84.5 Å². The van der Waals surface area contributed by atoms with E-state index in [-0.39, 0.29) is 31.9 Å². The Morgan fingerprint density at radius 3 is 1.60 bits per heavy atom. The largest absolute Gasteiger partial charge is 0.457 e. The zero-order valence-corrected chi connectivity index (χ0v) is 29.6. The first-order valence-electron chi connectivity index (χ1n) is 18.8. The molecule has 0 amide bonds. The maximum Gasteiger partial charge on any atom is 0.230 e. The van der Waals surface area contributed by atoms with Gasteiger partial charge in [0.15, 0.2) is 0 Å². The first-order valence-corrected chi connectivity index (χ1v) is 18.8. The number of rotatable bonds is 16. The van der Waals surface area contributed by atoms with Gasteiger partial charge >= 0.3 is 0 Å². The quantitative estimate of drug-likeness (QED) is 0.0734. The van der Waals surface area contributed by atoms with Crippen LogP contribution >= 0.6 is 0 Å². The van der Waals surface area contributed by atoms with Crippen molar-refractivity contribution in [1.29, 1.82) is 0 Å². The molecule has 0 spiro atoms. The van der Waals surface area contributed by atoms with Gasteiger partial charge in [0.25, 0.3) is 0 Å². The summed E-state index contributed by atoms with van der Waals surface area (Å²) in [6.45, 7) is 2.62. The topological polar surface area (TPSA) is 74.5 Å². The van der Waals surface area contributed by atoms with Crippen molar-refractivity contribution in [3.05, 3.63) is 143 Å². The van der Waals surface area contributed by atoms with Crippen molar-refractivity contribution < 1.29 is 33.2 Å². The minimum atomic E-state index is 0.120. The van der Waals surface area contributed by atoms with E-state index in [1.54, 1.807) is 0 Å². The van der Waals surface area contributed by atoms with E-state index < -0.39 is 0 Å². The highest BCUT2D eigenvalue weighted by Crippen LogP contribution is 2.41. The van der Waals surface area contributed by atoms with Crippen LogP contribution in [0.25, 0.3) is 21.5 Å². The van der Waals surface area contributed by atoms with Crippen LogP contribution in [0.15, 0.2) is 109 Å².